The first-order valence-corrected chi connectivity index (χ1v) is 5.74. The van der Waals surface area contributed by atoms with Gasteiger partial charge in [0, 0.05) is 24.3 Å². The van der Waals surface area contributed by atoms with Crippen LogP contribution in [0.15, 0.2) is 18.2 Å². The zero-order valence-corrected chi connectivity index (χ0v) is 10.2. The lowest BCUT2D eigenvalue weighted by Crippen LogP contribution is -2.25. The standard InChI is InChI=1S/C11H12N2O3S/c1-7-2-3-9(13(15)16)10(4-7)12-6-8(17)5-11(12)14/h2-4,8,17H,5-6H2,1H3. The monoisotopic (exact) mass is 252 g/mol. The molecular weight excluding hydrogens is 240 g/mol. The number of amides is 1. The Balaban J connectivity index is 2.46. The summed E-state index contributed by atoms with van der Waals surface area (Å²) in [5, 5.41) is 10.9. The van der Waals surface area contributed by atoms with E-state index in [1.165, 1.54) is 11.0 Å². The summed E-state index contributed by atoms with van der Waals surface area (Å²) in [6, 6.07) is 4.77. The Morgan fingerprint density at radius 2 is 2.24 bits per heavy atom. The van der Waals surface area contributed by atoms with Crippen molar-refractivity contribution in [3.8, 4) is 0 Å². The number of aryl methyl sites for hydroxylation is 1. The fourth-order valence-electron chi connectivity index (χ4n) is 1.93. The summed E-state index contributed by atoms with van der Waals surface area (Å²) in [7, 11) is 0. The van der Waals surface area contributed by atoms with Crippen LogP contribution in [0.1, 0.15) is 12.0 Å². The highest BCUT2D eigenvalue weighted by Crippen LogP contribution is 2.33. The molecule has 6 heteroatoms. The Labute approximate surface area is 104 Å². The van der Waals surface area contributed by atoms with E-state index in [-0.39, 0.29) is 16.8 Å². The maximum atomic E-state index is 11.7. The van der Waals surface area contributed by atoms with Crippen LogP contribution in [0, 0.1) is 17.0 Å². The van der Waals surface area contributed by atoms with Crippen LogP contribution in [0.3, 0.4) is 0 Å². The fourth-order valence-corrected chi connectivity index (χ4v) is 2.25. The molecule has 2 rings (SSSR count). The second kappa shape index (κ2) is 4.37. The second-order valence-corrected chi connectivity index (χ2v) is 4.84. The van der Waals surface area contributed by atoms with Crippen LogP contribution in [0.25, 0.3) is 0 Å². The third-order valence-corrected chi connectivity index (χ3v) is 3.07. The molecule has 0 spiro atoms. The van der Waals surface area contributed by atoms with Crippen molar-refractivity contribution in [3.63, 3.8) is 0 Å². The second-order valence-electron chi connectivity index (χ2n) is 4.11. The van der Waals surface area contributed by atoms with E-state index in [2.05, 4.69) is 12.6 Å². The average Bonchev–Trinajstić information content (AvgIpc) is 2.57. The van der Waals surface area contributed by atoms with Gasteiger partial charge in [-0.15, -0.1) is 0 Å². The molecule has 1 aromatic rings. The Morgan fingerprint density at radius 1 is 1.53 bits per heavy atom. The minimum Gasteiger partial charge on any atom is -0.305 e. The molecule has 1 aliphatic rings. The molecule has 1 amide bonds. The molecule has 90 valence electrons. The number of hydrogen-bond acceptors (Lipinski definition) is 4. The Bertz CT molecular complexity index is 490. The van der Waals surface area contributed by atoms with Crippen molar-refractivity contribution in [2.45, 2.75) is 18.6 Å². The first-order chi connectivity index (χ1) is 7.99. The fraction of sp³-hybridized carbons (Fsp3) is 0.364. The molecule has 0 bridgehead atoms. The number of benzene rings is 1. The van der Waals surface area contributed by atoms with Crippen LogP contribution >= 0.6 is 12.6 Å². The summed E-state index contributed by atoms with van der Waals surface area (Å²) in [4.78, 5) is 23.6. The molecule has 1 aliphatic heterocycles. The van der Waals surface area contributed by atoms with Crippen LogP contribution < -0.4 is 4.90 Å². The molecule has 0 saturated carbocycles. The van der Waals surface area contributed by atoms with Crippen molar-refractivity contribution in [1.82, 2.24) is 0 Å². The summed E-state index contributed by atoms with van der Waals surface area (Å²) >= 11 is 4.24. The first-order valence-electron chi connectivity index (χ1n) is 5.22. The smallest absolute Gasteiger partial charge is 0.292 e. The van der Waals surface area contributed by atoms with E-state index in [0.29, 0.717) is 18.7 Å². The maximum Gasteiger partial charge on any atom is 0.292 e. The Morgan fingerprint density at radius 3 is 2.76 bits per heavy atom. The van der Waals surface area contributed by atoms with Gasteiger partial charge in [0.2, 0.25) is 5.91 Å². The Hall–Kier alpha value is -1.56. The van der Waals surface area contributed by atoms with Gasteiger partial charge in [-0.05, 0) is 18.6 Å². The quantitative estimate of drug-likeness (QED) is 0.497. The van der Waals surface area contributed by atoms with E-state index in [4.69, 9.17) is 0 Å². The molecule has 0 radical (unpaired) electrons. The van der Waals surface area contributed by atoms with Gasteiger partial charge in [-0.1, -0.05) is 6.07 Å². The topological polar surface area (TPSA) is 63.5 Å². The van der Waals surface area contributed by atoms with E-state index >= 15 is 0 Å². The van der Waals surface area contributed by atoms with Gasteiger partial charge in [0.05, 0.1) is 4.92 Å². The minimum absolute atomic E-state index is 0.0358. The zero-order chi connectivity index (χ0) is 12.6. The molecule has 0 aliphatic carbocycles. The van der Waals surface area contributed by atoms with Crippen LogP contribution in [-0.2, 0) is 4.79 Å². The average molecular weight is 252 g/mol. The zero-order valence-electron chi connectivity index (χ0n) is 9.29. The highest BCUT2D eigenvalue weighted by atomic mass is 32.1. The van der Waals surface area contributed by atoms with Crippen LogP contribution in [0.2, 0.25) is 0 Å². The van der Waals surface area contributed by atoms with E-state index in [1.807, 2.05) is 6.92 Å². The van der Waals surface area contributed by atoms with Gasteiger partial charge < -0.3 is 4.90 Å². The molecule has 17 heavy (non-hydrogen) atoms. The minimum atomic E-state index is -0.464. The lowest BCUT2D eigenvalue weighted by Gasteiger charge is -2.16. The number of anilines is 1. The van der Waals surface area contributed by atoms with Gasteiger partial charge in [-0.2, -0.15) is 12.6 Å². The number of hydrogen-bond donors (Lipinski definition) is 1. The molecule has 1 heterocycles. The first kappa shape index (κ1) is 11.9. The molecular formula is C11H12N2O3S. The van der Waals surface area contributed by atoms with Crippen molar-refractivity contribution < 1.29 is 9.72 Å². The van der Waals surface area contributed by atoms with Crippen molar-refractivity contribution in [2.24, 2.45) is 0 Å². The van der Waals surface area contributed by atoms with Crippen molar-refractivity contribution in [3.05, 3.63) is 33.9 Å². The van der Waals surface area contributed by atoms with Crippen LogP contribution in [0.5, 0.6) is 0 Å². The molecule has 1 fully saturated rings. The predicted molar refractivity (Wildman–Crippen MR) is 67.6 cm³/mol. The summed E-state index contributed by atoms with van der Waals surface area (Å²) in [5.41, 5.74) is 1.23. The molecule has 0 N–H and O–H groups in total. The molecule has 0 aromatic heterocycles. The Kier molecular flexibility index (Phi) is 3.06. The van der Waals surface area contributed by atoms with Gasteiger partial charge in [0.25, 0.3) is 5.69 Å². The third kappa shape index (κ3) is 2.26. The molecule has 1 aromatic carbocycles. The van der Waals surface area contributed by atoms with E-state index < -0.39 is 4.92 Å². The van der Waals surface area contributed by atoms with E-state index in [9.17, 15) is 14.9 Å². The molecule has 5 nitrogen and oxygen atoms in total. The van der Waals surface area contributed by atoms with E-state index in [0.717, 1.165) is 5.56 Å². The largest absolute Gasteiger partial charge is 0.305 e. The van der Waals surface area contributed by atoms with Gasteiger partial charge in [-0.25, -0.2) is 0 Å². The molecule has 1 saturated heterocycles. The number of nitro groups is 1. The number of carbonyl (C=O) groups excluding carboxylic acids is 1. The van der Waals surface area contributed by atoms with Crippen LogP contribution in [0.4, 0.5) is 11.4 Å². The highest BCUT2D eigenvalue weighted by Gasteiger charge is 2.32. The number of carbonyl (C=O) groups is 1. The highest BCUT2D eigenvalue weighted by molar-refractivity contribution is 7.81. The normalized spacial score (nSPS) is 19.8. The number of nitrogens with zero attached hydrogens (tertiary/aromatic N) is 2. The number of thiol groups is 1. The summed E-state index contributed by atoms with van der Waals surface area (Å²) in [6.07, 6.45) is 0.328. The molecule has 1 atom stereocenters. The lowest BCUT2D eigenvalue weighted by molar-refractivity contribution is -0.384. The van der Waals surface area contributed by atoms with Gasteiger partial charge in [0.1, 0.15) is 5.69 Å². The summed E-state index contributed by atoms with van der Waals surface area (Å²) < 4.78 is 0. The SMILES string of the molecule is Cc1ccc([N+](=O)[O-])c(N2CC(S)CC2=O)c1. The lowest BCUT2D eigenvalue weighted by atomic mass is 10.2. The van der Waals surface area contributed by atoms with Crippen molar-refractivity contribution in [2.75, 3.05) is 11.4 Å². The molecule has 1 unspecified atom stereocenters. The third-order valence-electron chi connectivity index (χ3n) is 2.72. The van der Waals surface area contributed by atoms with Crippen LogP contribution in [-0.4, -0.2) is 22.6 Å². The number of rotatable bonds is 2. The van der Waals surface area contributed by atoms with Gasteiger partial charge >= 0.3 is 0 Å². The van der Waals surface area contributed by atoms with Crippen molar-refractivity contribution >= 4 is 29.9 Å². The van der Waals surface area contributed by atoms with Crippen molar-refractivity contribution in [1.29, 1.82) is 0 Å². The van der Waals surface area contributed by atoms with Gasteiger partial charge in [-0.3, -0.25) is 14.9 Å². The summed E-state index contributed by atoms with van der Waals surface area (Å²) in [5.74, 6) is -0.112. The predicted octanol–water partition coefficient (Wildman–Crippen LogP) is 1.94. The van der Waals surface area contributed by atoms with E-state index in [1.54, 1.807) is 12.1 Å². The maximum absolute atomic E-state index is 11.7. The summed E-state index contributed by atoms with van der Waals surface area (Å²) in [6.45, 7) is 2.26. The van der Waals surface area contributed by atoms with Gasteiger partial charge in [0.15, 0.2) is 0 Å². The number of nitro benzene ring substituents is 1.